The van der Waals surface area contributed by atoms with Crippen molar-refractivity contribution in [2.24, 2.45) is 5.41 Å². The largest absolute Gasteiger partial charge is 0.493 e. The molecule has 3 heterocycles. The molecule has 1 unspecified atom stereocenters. The Hall–Kier alpha value is -3.19. The fourth-order valence-corrected chi connectivity index (χ4v) is 3.80. The van der Waals surface area contributed by atoms with Crippen LogP contribution in [0.15, 0.2) is 47.5 Å². The van der Waals surface area contributed by atoms with Crippen molar-refractivity contribution >= 4 is 11.2 Å². The summed E-state index contributed by atoms with van der Waals surface area (Å²) in [6, 6.07) is 7.26. The van der Waals surface area contributed by atoms with E-state index in [1.165, 1.54) is 6.07 Å². The number of methoxy groups -OCH3 is 2. The van der Waals surface area contributed by atoms with Crippen LogP contribution in [0.4, 0.5) is 0 Å². The highest BCUT2D eigenvalue weighted by atomic mass is 16.5. The highest BCUT2D eigenvalue weighted by molar-refractivity contribution is 5.67. The van der Waals surface area contributed by atoms with Crippen LogP contribution in [0.2, 0.25) is 0 Å². The van der Waals surface area contributed by atoms with E-state index in [0.29, 0.717) is 22.8 Å². The van der Waals surface area contributed by atoms with Gasteiger partial charge in [-0.25, -0.2) is 4.98 Å². The Morgan fingerprint density at radius 1 is 1.10 bits per heavy atom. The Kier molecular flexibility index (Phi) is 5.54. The summed E-state index contributed by atoms with van der Waals surface area (Å²) in [7, 11) is 3.17. The monoisotopic (exact) mass is 420 g/mol. The smallest absolute Gasteiger partial charge is 0.258 e. The molecule has 7 heteroatoms. The van der Waals surface area contributed by atoms with Crippen LogP contribution in [0.3, 0.4) is 0 Å². The van der Waals surface area contributed by atoms with Crippen molar-refractivity contribution in [3.8, 4) is 22.8 Å². The maximum atomic E-state index is 12.9. The number of aromatic nitrogens is 3. The molecule has 0 fully saturated rings. The molecule has 0 bridgehead atoms. The molecule has 3 aromatic rings. The summed E-state index contributed by atoms with van der Waals surface area (Å²) in [5.41, 5.74) is 3.76. The zero-order valence-corrected chi connectivity index (χ0v) is 18.6. The zero-order valence-electron chi connectivity index (χ0n) is 18.6. The third kappa shape index (κ3) is 4.18. The summed E-state index contributed by atoms with van der Waals surface area (Å²) in [5, 5.41) is 3.55. The van der Waals surface area contributed by atoms with Gasteiger partial charge in [0.05, 0.1) is 31.8 Å². The first-order valence-electron chi connectivity index (χ1n) is 10.4. The quantitative estimate of drug-likeness (QED) is 0.695. The average Bonchev–Trinajstić information content (AvgIpc) is 2.77. The molecule has 0 saturated heterocycles. The minimum atomic E-state index is -0.152. The number of hydrogen-bond acceptors (Lipinski definition) is 6. The maximum Gasteiger partial charge on any atom is 0.258 e. The van der Waals surface area contributed by atoms with Gasteiger partial charge in [-0.1, -0.05) is 26.8 Å². The van der Waals surface area contributed by atoms with Gasteiger partial charge in [0.25, 0.3) is 5.56 Å². The molecule has 1 aliphatic heterocycles. The van der Waals surface area contributed by atoms with E-state index in [9.17, 15) is 4.79 Å². The molecule has 0 amide bonds. The van der Waals surface area contributed by atoms with Crippen molar-refractivity contribution in [2.45, 2.75) is 33.2 Å². The van der Waals surface area contributed by atoms with Crippen LogP contribution in [0.1, 0.15) is 32.9 Å². The lowest BCUT2D eigenvalue weighted by atomic mass is 9.83. The maximum absolute atomic E-state index is 12.9. The predicted molar refractivity (Wildman–Crippen MR) is 122 cm³/mol. The number of fused-ring (bicyclic) bond motifs is 1. The van der Waals surface area contributed by atoms with Crippen LogP contribution in [0, 0.1) is 5.41 Å². The van der Waals surface area contributed by atoms with Crippen molar-refractivity contribution in [3.05, 3.63) is 58.8 Å². The Bertz CT molecular complexity index is 1210. The van der Waals surface area contributed by atoms with Gasteiger partial charge in [-0.3, -0.25) is 14.2 Å². The lowest BCUT2D eigenvalue weighted by Gasteiger charge is -2.33. The SMILES string of the molecule is COc1ccc(-c2cc(=O)n3cc(C4=CC(C(C)(C)C)NCC4)ncc3n2)cc1OC. The molecule has 0 spiro atoms. The topological polar surface area (TPSA) is 77.8 Å². The Morgan fingerprint density at radius 2 is 1.87 bits per heavy atom. The molecule has 1 aliphatic rings. The summed E-state index contributed by atoms with van der Waals surface area (Å²) in [4.78, 5) is 22.2. The second-order valence-corrected chi connectivity index (χ2v) is 8.79. The van der Waals surface area contributed by atoms with Gasteiger partial charge in [-0.2, -0.15) is 0 Å². The number of hydrogen-bond donors (Lipinski definition) is 1. The first-order valence-corrected chi connectivity index (χ1v) is 10.4. The Morgan fingerprint density at radius 3 is 2.58 bits per heavy atom. The summed E-state index contributed by atoms with van der Waals surface area (Å²) in [5.74, 6) is 1.21. The van der Waals surface area contributed by atoms with E-state index in [1.807, 2.05) is 12.1 Å². The minimum Gasteiger partial charge on any atom is -0.493 e. The van der Waals surface area contributed by atoms with Crippen molar-refractivity contribution in [1.82, 2.24) is 19.7 Å². The predicted octanol–water partition coefficient (Wildman–Crippen LogP) is 3.57. The van der Waals surface area contributed by atoms with Crippen molar-refractivity contribution in [1.29, 1.82) is 0 Å². The molecule has 0 radical (unpaired) electrons. The molecule has 1 aromatic carbocycles. The van der Waals surface area contributed by atoms with Crippen LogP contribution in [-0.4, -0.2) is 41.2 Å². The van der Waals surface area contributed by atoms with E-state index in [-0.39, 0.29) is 17.0 Å². The van der Waals surface area contributed by atoms with E-state index in [1.54, 1.807) is 37.1 Å². The van der Waals surface area contributed by atoms with Crippen molar-refractivity contribution < 1.29 is 9.47 Å². The van der Waals surface area contributed by atoms with Crippen LogP contribution >= 0.6 is 0 Å². The highest BCUT2D eigenvalue weighted by Gasteiger charge is 2.26. The van der Waals surface area contributed by atoms with Crippen LogP contribution in [0.25, 0.3) is 22.5 Å². The second kappa shape index (κ2) is 8.15. The van der Waals surface area contributed by atoms with Gasteiger partial charge in [0.15, 0.2) is 17.1 Å². The molecule has 0 saturated carbocycles. The van der Waals surface area contributed by atoms with E-state index in [0.717, 1.165) is 29.8 Å². The number of rotatable bonds is 4. The minimum absolute atomic E-state index is 0.106. The van der Waals surface area contributed by atoms with Gasteiger partial charge in [-0.15, -0.1) is 0 Å². The highest BCUT2D eigenvalue weighted by Crippen LogP contribution is 2.32. The standard InChI is InChI=1S/C24H28N4O3/c1-24(2,3)21-11-16(8-9-25-21)18-14-28-22(13-26-18)27-17(12-23(28)29)15-6-7-19(30-4)20(10-15)31-5/h6-7,10-14,21,25H,8-9H2,1-5H3. The summed E-state index contributed by atoms with van der Waals surface area (Å²) >= 11 is 0. The zero-order chi connectivity index (χ0) is 22.2. The molecule has 162 valence electrons. The summed E-state index contributed by atoms with van der Waals surface area (Å²) < 4.78 is 12.2. The molecule has 31 heavy (non-hydrogen) atoms. The van der Waals surface area contributed by atoms with Crippen molar-refractivity contribution in [3.63, 3.8) is 0 Å². The van der Waals surface area contributed by atoms with E-state index in [4.69, 9.17) is 9.47 Å². The first kappa shape index (κ1) is 21.1. The fraction of sp³-hybridized carbons (Fsp3) is 0.375. The lowest BCUT2D eigenvalue weighted by Crippen LogP contribution is -2.41. The molecular formula is C24H28N4O3. The van der Waals surface area contributed by atoms with Gasteiger partial charge < -0.3 is 14.8 Å². The molecule has 1 atom stereocenters. The van der Waals surface area contributed by atoms with Crippen LogP contribution in [0.5, 0.6) is 11.5 Å². The van der Waals surface area contributed by atoms with E-state index >= 15 is 0 Å². The van der Waals surface area contributed by atoms with Gasteiger partial charge in [-0.05, 0) is 42.2 Å². The third-order valence-electron chi connectivity index (χ3n) is 5.62. The Labute approximate surface area is 181 Å². The van der Waals surface area contributed by atoms with E-state index < -0.39 is 0 Å². The fourth-order valence-electron chi connectivity index (χ4n) is 3.80. The van der Waals surface area contributed by atoms with Gasteiger partial charge in [0.1, 0.15) is 0 Å². The van der Waals surface area contributed by atoms with Gasteiger partial charge in [0.2, 0.25) is 0 Å². The molecule has 4 rings (SSSR count). The van der Waals surface area contributed by atoms with Gasteiger partial charge in [0, 0.05) is 23.9 Å². The summed E-state index contributed by atoms with van der Waals surface area (Å²) in [6.45, 7) is 7.52. The molecular weight excluding hydrogens is 392 g/mol. The third-order valence-corrected chi connectivity index (χ3v) is 5.62. The number of nitrogens with zero attached hydrogens (tertiary/aromatic N) is 3. The van der Waals surface area contributed by atoms with Crippen LogP contribution in [-0.2, 0) is 0 Å². The molecule has 0 aliphatic carbocycles. The number of benzene rings is 1. The summed E-state index contributed by atoms with van der Waals surface area (Å²) in [6.07, 6.45) is 6.56. The molecule has 2 aromatic heterocycles. The Balaban J connectivity index is 1.74. The second-order valence-electron chi connectivity index (χ2n) is 8.79. The van der Waals surface area contributed by atoms with Gasteiger partial charge >= 0.3 is 0 Å². The van der Waals surface area contributed by atoms with Crippen molar-refractivity contribution in [2.75, 3.05) is 20.8 Å². The lowest BCUT2D eigenvalue weighted by molar-refractivity contribution is 0.310. The normalized spacial score (nSPS) is 16.8. The molecule has 7 nitrogen and oxygen atoms in total. The average molecular weight is 421 g/mol. The van der Waals surface area contributed by atoms with Crippen LogP contribution < -0.4 is 20.3 Å². The number of ether oxygens (including phenoxy) is 2. The van der Waals surface area contributed by atoms with E-state index in [2.05, 4.69) is 42.1 Å². The molecule has 1 N–H and O–H groups in total. The number of nitrogens with one attached hydrogen (secondary N) is 1. The first-order chi connectivity index (χ1) is 14.8.